The summed E-state index contributed by atoms with van der Waals surface area (Å²) in [5.41, 5.74) is 1.64. The maximum absolute atomic E-state index is 11.9. The largest absolute Gasteiger partial charge is 0.462 e. The minimum absolute atomic E-state index is 0.245. The molecule has 0 amide bonds. The Bertz CT molecular complexity index is 891. The minimum Gasteiger partial charge on any atom is -0.462 e. The summed E-state index contributed by atoms with van der Waals surface area (Å²) in [5.74, 6) is -0.245. The average Bonchev–Trinajstić information content (AvgIpc) is 2.57. The third-order valence-electron chi connectivity index (χ3n) is 3.87. The van der Waals surface area contributed by atoms with Crippen LogP contribution >= 0.6 is 0 Å². The van der Waals surface area contributed by atoms with Crippen LogP contribution in [-0.2, 0) is 9.53 Å². The molecule has 0 aromatic heterocycles. The lowest BCUT2D eigenvalue weighted by molar-refractivity contribution is -0.138. The van der Waals surface area contributed by atoms with Crippen molar-refractivity contribution in [2.45, 2.75) is 20.3 Å². The molecular formula is C21H20O2. The van der Waals surface area contributed by atoms with E-state index in [0.717, 1.165) is 12.0 Å². The second-order valence-electron chi connectivity index (χ2n) is 5.77. The van der Waals surface area contributed by atoms with Crippen molar-refractivity contribution in [1.82, 2.24) is 0 Å². The predicted molar refractivity (Wildman–Crippen MR) is 96.4 cm³/mol. The van der Waals surface area contributed by atoms with Gasteiger partial charge in [0.2, 0.25) is 0 Å². The number of rotatable bonds is 4. The number of esters is 1. The fourth-order valence-corrected chi connectivity index (χ4v) is 2.67. The molecule has 3 aromatic carbocycles. The first-order chi connectivity index (χ1) is 11.2. The number of fused-ring (bicyclic) bond motifs is 2. The SMILES string of the molecule is CCCOC(=O)C(C)=Cc1ccc2cc3ccccc3cc2c1. The molecule has 2 nitrogen and oxygen atoms in total. The highest BCUT2D eigenvalue weighted by molar-refractivity contribution is 5.99. The number of carbonyl (C=O) groups excluding carboxylic acids is 1. The molecule has 0 saturated heterocycles. The van der Waals surface area contributed by atoms with Crippen LogP contribution in [0.3, 0.4) is 0 Å². The van der Waals surface area contributed by atoms with Crippen molar-refractivity contribution in [2.24, 2.45) is 0 Å². The van der Waals surface area contributed by atoms with Gasteiger partial charge in [0, 0.05) is 5.57 Å². The van der Waals surface area contributed by atoms with E-state index < -0.39 is 0 Å². The van der Waals surface area contributed by atoms with Crippen LogP contribution in [0.4, 0.5) is 0 Å². The lowest BCUT2D eigenvalue weighted by Gasteiger charge is -2.05. The Morgan fingerprint density at radius 2 is 1.61 bits per heavy atom. The van der Waals surface area contributed by atoms with Crippen LogP contribution in [-0.4, -0.2) is 12.6 Å². The number of carbonyl (C=O) groups is 1. The van der Waals surface area contributed by atoms with E-state index in [-0.39, 0.29) is 5.97 Å². The van der Waals surface area contributed by atoms with Crippen LogP contribution in [0.25, 0.3) is 27.6 Å². The zero-order chi connectivity index (χ0) is 16.2. The molecule has 116 valence electrons. The van der Waals surface area contributed by atoms with Crippen molar-refractivity contribution in [3.05, 3.63) is 65.7 Å². The molecule has 0 spiro atoms. The second-order valence-corrected chi connectivity index (χ2v) is 5.77. The van der Waals surface area contributed by atoms with Crippen LogP contribution in [0.15, 0.2) is 60.2 Å². The maximum Gasteiger partial charge on any atom is 0.333 e. The van der Waals surface area contributed by atoms with Gasteiger partial charge in [0.05, 0.1) is 6.61 Å². The highest BCUT2D eigenvalue weighted by Gasteiger charge is 2.05. The van der Waals surface area contributed by atoms with Crippen LogP contribution in [0.2, 0.25) is 0 Å². The fraction of sp³-hybridized carbons (Fsp3) is 0.190. The summed E-state index contributed by atoms with van der Waals surface area (Å²) in [6.07, 6.45) is 2.72. The number of benzene rings is 3. The highest BCUT2D eigenvalue weighted by Crippen LogP contribution is 2.24. The number of hydrogen-bond acceptors (Lipinski definition) is 2. The number of hydrogen-bond donors (Lipinski definition) is 0. The lowest BCUT2D eigenvalue weighted by Crippen LogP contribution is -2.06. The van der Waals surface area contributed by atoms with Gasteiger partial charge in [-0.2, -0.15) is 0 Å². The summed E-state index contributed by atoms with van der Waals surface area (Å²) in [6, 6.07) is 19.0. The van der Waals surface area contributed by atoms with Crippen LogP contribution in [0.1, 0.15) is 25.8 Å². The van der Waals surface area contributed by atoms with Gasteiger partial charge in [-0.25, -0.2) is 4.79 Å². The van der Waals surface area contributed by atoms with Crippen molar-refractivity contribution in [2.75, 3.05) is 6.61 Å². The molecule has 0 unspecified atom stereocenters. The van der Waals surface area contributed by atoms with Gasteiger partial charge >= 0.3 is 5.97 Å². The van der Waals surface area contributed by atoms with Crippen molar-refractivity contribution >= 4 is 33.6 Å². The van der Waals surface area contributed by atoms with Gasteiger partial charge in [-0.1, -0.05) is 43.3 Å². The van der Waals surface area contributed by atoms with Gasteiger partial charge in [-0.15, -0.1) is 0 Å². The first kappa shape index (κ1) is 15.3. The Morgan fingerprint density at radius 1 is 0.957 bits per heavy atom. The summed E-state index contributed by atoms with van der Waals surface area (Å²) in [5, 5.41) is 4.84. The summed E-state index contributed by atoms with van der Waals surface area (Å²) >= 11 is 0. The molecule has 0 aliphatic carbocycles. The average molecular weight is 304 g/mol. The molecule has 0 bridgehead atoms. The van der Waals surface area contributed by atoms with Gasteiger partial charge < -0.3 is 4.74 Å². The van der Waals surface area contributed by atoms with Crippen molar-refractivity contribution in [3.8, 4) is 0 Å². The van der Waals surface area contributed by atoms with E-state index in [1.54, 1.807) is 6.92 Å². The summed E-state index contributed by atoms with van der Waals surface area (Å²) in [7, 11) is 0. The Balaban J connectivity index is 1.96. The second kappa shape index (κ2) is 6.66. The van der Waals surface area contributed by atoms with E-state index in [9.17, 15) is 4.79 Å². The molecule has 0 aliphatic heterocycles. The molecule has 3 rings (SSSR count). The molecule has 0 radical (unpaired) electrons. The predicted octanol–water partition coefficient (Wildman–Crippen LogP) is 5.35. The van der Waals surface area contributed by atoms with E-state index in [1.807, 2.05) is 25.1 Å². The van der Waals surface area contributed by atoms with Crippen molar-refractivity contribution in [1.29, 1.82) is 0 Å². The van der Waals surface area contributed by atoms with E-state index in [0.29, 0.717) is 12.2 Å². The van der Waals surface area contributed by atoms with Crippen molar-refractivity contribution < 1.29 is 9.53 Å². The van der Waals surface area contributed by atoms with Gasteiger partial charge in [-0.3, -0.25) is 0 Å². The van der Waals surface area contributed by atoms with E-state index >= 15 is 0 Å². The molecule has 3 aromatic rings. The first-order valence-electron chi connectivity index (χ1n) is 7.95. The molecule has 0 fully saturated rings. The standard InChI is InChI=1S/C21H20O2/c1-3-10-23-21(22)15(2)11-16-8-9-19-13-17-6-4-5-7-18(17)14-20(19)12-16/h4-9,11-14H,3,10H2,1-2H3. The number of ether oxygens (including phenoxy) is 1. The molecule has 23 heavy (non-hydrogen) atoms. The summed E-state index contributed by atoms with van der Waals surface area (Å²) in [4.78, 5) is 11.9. The molecule has 0 heterocycles. The Hall–Kier alpha value is -2.61. The monoisotopic (exact) mass is 304 g/mol. The van der Waals surface area contributed by atoms with Crippen molar-refractivity contribution in [3.63, 3.8) is 0 Å². The van der Waals surface area contributed by atoms with E-state index in [1.165, 1.54) is 21.5 Å². The van der Waals surface area contributed by atoms with Gasteiger partial charge in [0.15, 0.2) is 0 Å². The highest BCUT2D eigenvalue weighted by atomic mass is 16.5. The third-order valence-corrected chi connectivity index (χ3v) is 3.87. The van der Waals surface area contributed by atoms with Gasteiger partial charge in [0.1, 0.15) is 0 Å². The van der Waals surface area contributed by atoms with Crippen LogP contribution in [0.5, 0.6) is 0 Å². The van der Waals surface area contributed by atoms with E-state index in [4.69, 9.17) is 4.74 Å². The van der Waals surface area contributed by atoms with Gasteiger partial charge in [0.25, 0.3) is 0 Å². The third kappa shape index (κ3) is 3.42. The molecule has 0 aliphatic rings. The van der Waals surface area contributed by atoms with Crippen LogP contribution < -0.4 is 0 Å². The fourth-order valence-electron chi connectivity index (χ4n) is 2.67. The van der Waals surface area contributed by atoms with Gasteiger partial charge in [-0.05, 0) is 64.7 Å². The Labute approximate surface area is 136 Å². The molecule has 0 N–H and O–H groups in total. The smallest absolute Gasteiger partial charge is 0.333 e. The summed E-state index contributed by atoms with van der Waals surface area (Å²) in [6.45, 7) is 4.25. The maximum atomic E-state index is 11.9. The normalized spacial score (nSPS) is 11.8. The first-order valence-corrected chi connectivity index (χ1v) is 7.95. The summed E-state index contributed by atoms with van der Waals surface area (Å²) < 4.78 is 5.16. The quantitative estimate of drug-likeness (QED) is 0.369. The molecular weight excluding hydrogens is 284 g/mol. The topological polar surface area (TPSA) is 26.3 Å². The molecule has 0 atom stereocenters. The molecule has 0 saturated carbocycles. The minimum atomic E-state index is -0.245. The zero-order valence-corrected chi connectivity index (χ0v) is 13.5. The molecule has 2 heteroatoms. The zero-order valence-electron chi connectivity index (χ0n) is 13.5. The van der Waals surface area contributed by atoms with E-state index in [2.05, 4.69) is 42.5 Å². The Kier molecular flexibility index (Phi) is 4.42. The Morgan fingerprint density at radius 3 is 2.30 bits per heavy atom. The van der Waals surface area contributed by atoms with Crippen LogP contribution in [0, 0.1) is 0 Å². The lowest BCUT2D eigenvalue weighted by atomic mass is 10.0.